The Morgan fingerprint density at radius 1 is 1.15 bits per heavy atom. The van der Waals surface area contributed by atoms with Gasteiger partial charge in [0.15, 0.2) is 5.78 Å². The molecular formula is C20H22BrClN2O2. The van der Waals surface area contributed by atoms with Crippen LogP contribution in [0.2, 0.25) is 5.02 Å². The van der Waals surface area contributed by atoms with E-state index in [0.717, 1.165) is 43.1 Å². The Morgan fingerprint density at radius 3 is 2.54 bits per heavy atom. The highest BCUT2D eigenvalue weighted by Crippen LogP contribution is 2.30. The molecule has 0 aromatic heterocycles. The van der Waals surface area contributed by atoms with Crippen molar-refractivity contribution < 1.29 is 9.53 Å². The van der Waals surface area contributed by atoms with E-state index in [2.05, 4.69) is 4.99 Å². The molecular weight excluding hydrogens is 416 g/mol. The van der Waals surface area contributed by atoms with Gasteiger partial charge in [0.25, 0.3) is 0 Å². The molecule has 0 spiro atoms. The molecule has 0 atom stereocenters. The summed E-state index contributed by atoms with van der Waals surface area (Å²) in [5, 5.41) is 0.620. The Hall–Kier alpha value is -1.85. The lowest BCUT2D eigenvalue weighted by atomic mass is 10.1. The van der Waals surface area contributed by atoms with E-state index in [1.807, 2.05) is 29.2 Å². The number of anilines is 1. The molecule has 1 aliphatic rings. The molecule has 4 nitrogen and oxygen atoms in total. The van der Waals surface area contributed by atoms with Crippen molar-refractivity contribution in [2.75, 3.05) is 25.1 Å². The van der Waals surface area contributed by atoms with Crippen LogP contribution in [0.5, 0.6) is 5.75 Å². The zero-order chi connectivity index (χ0) is 17.6. The van der Waals surface area contributed by atoms with E-state index in [1.54, 1.807) is 31.4 Å². The van der Waals surface area contributed by atoms with Crippen LogP contribution >= 0.6 is 28.6 Å². The highest BCUT2D eigenvalue weighted by molar-refractivity contribution is 8.93. The predicted molar refractivity (Wildman–Crippen MR) is 113 cm³/mol. The fraction of sp³-hybridized carbons (Fsp3) is 0.300. The Labute approximate surface area is 169 Å². The second-order valence-electron chi connectivity index (χ2n) is 5.94. The van der Waals surface area contributed by atoms with Crippen LogP contribution in [0.15, 0.2) is 53.5 Å². The number of benzene rings is 2. The van der Waals surface area contributed by atoms with Gasteiger partial charge < -0.3 is 9.64 Å². The molecule has 1 heterocycles. The number of nitrogens with zero attached hydrogens (tertiary/aromatic N) is 2. The van der Waals surface area contributed by atoms with Crippen LogP contribution in [0.1, 0.15) is 29.6 Å². The highest BCUT2D eigenvalue weighted by Gasteiger charge is 2.22. The maximum Gasteiger partial charge on any atom is 0.182 e. The van der Waals surface area contributed by atoms with Crippen LogP contribution in [-0.4, -0.2) is 31.8 Å². The van der Waals surface area contributed by atoms with Crippen LogP contribution in [0, 0.1) is 0 Å². The zero-order valence-electron chi connectivity index (χ0n) is 14.7. The molecule has 1 aliphatic heterocycles. The lowest BCUT2D eigenvalue weighted by Gasteiger charge is -2.29. The van der Waals surface area contributed by atoms with E-state index >= 15 is 0 Å². The number of Topliss-reactive ketones (excluding diaryl/α,β-unsaturated/α-hetero) is 1. The van der Waals surface area contributed by atoms with Crippen LogP contribution in [-0.2, 0) is 0 Å². The quantitative estimate of drug-likeness (QED) is 0.604. The first-order chi connectivity index (χ1) is 12.2. The fourth-order valence-corrected chi connectivity index (χ4v) is 3.07. The molecule has 3 rings (SSSR count). The number of rotatable bonds is 5. The van der Waals surface area contributed by atoms with Crippen LogP contribution in [0.4, 0.5) is 5.69 Å². The molecule has 138 valence electrons. The molecule has 0 radical (unpaired) electrons. The smallest absolute Gasteiger partial charge is 0.182 e. The van der Waals surface area contributed by atoms with Gasteiger partial charge in [0.2, 0.25) is 0 Å². The number of para-hydroxylation sites is 2. The predicted octanol–water partition coefficient (Wildman–Crippen LogP) is 5.20. The number of amidine groups is 1. The van der Waals surface area contributed by atoms with E-state index < -0.39 is 0 Å². The number of methoxy groups -OCH3 is 1. The molecule has 2 aromatic carbocycles. The molecule has 0 bridgehead atoms. The minimum absolute atomic E-state index is 0. The average Bonchev–Trinajstić information content (AvgIpc) is 2.67. The van der Waals surface area contributed by atoms with Gasteiger partial charge in [-0.05, 0) is 49.2 Å². The summed E-state index contributed by atoms with van der Waals surface area (Å²) in [6.45, 7) is 1.02. The van der Waals surface area contributed by atoms with Gasteiger partial charge in [0.1, 0.15) is 11.6 Å². The maximum absolute atomic E-state index is 12.8. The number of carbonyl (C=O) groups is 1. The lowest BCUT2D eigenvalue weighted by molar-refractivity contribution is 0.100. The molecule has 6 heteroatoms. The molecule has 0 unspecified atom stereocenters. The number of aliphatic imine (C=N–C) groups is 1. The zero-order valence-corrected chi connectivity index (χ0v) is 17.1. The van der Waals surface area contributed by atoms with Crippen molar-refractivity contribution >= 4 is 45.9 Å². The number of hydrogen-bond acceptors (Lipinski definition) is 4. The van der Waals surface area contributed by atoms with E-state index in [1.165, 1.54) is 0 Å². The SMILES string of the molecule is Br.COc1ccccc1N(CC(=O)c1ccc(Cl)cc1)C1=NCCCC1. The van der Waals surface area contributed by atoms with Gasteiger partial charge >= 0.3 is 0 Å². The first-order valence-electron chi connectivity index (χ1n) is 8.41. The van der Waals surface area contributed by atoms with Crippen molar-refractivity contribution in [3.05, 3.63) is 59.1 Å². The molecule has 0 saturated carbocycles. The normalized spacial score (nSPS) is 13.4. The number of carbonyl (C=O) groups excluding carboxylic acids is 1. The third-order valence-electron chi connectivity index (χ3n) is 4.26. The van der Waals surface area contributed by atoms with Crippen LogP contribution in [0.25, 0.3) is 0 Å². The number of halogens is 2. The summed E-state index contributed by atoms with van der Waals surface area (Å²) in [7, 11) is 1.64. The summed E-state index contributed by atoms with van der Waals surface area (Å²) in [6.07, 6.45) is 3.04. The number of hydrogen-bond donors (Lipinski definition) is 0. The van der Waals surface area contributed by atoms with Crippen LogP contribution < -0.4 is 9.64 Å². The van der Waals surface area contributed by atoms with Gasteiger partial charge in [0.05, 0.1) is 19.3 Å². The van der Waals surface area contributed by atoms with Gasteiger partial charge in [-0.3, -0.25) is 9.79 Å². The summed E-state index contributed by atoms with van der Waals surface area (Å²) < 4.78 is 5.49. The van der Waals surface area contributed by atoms with Crippen molar-refractivity contribution in [2.24, 2.45) is 4.99 Å². The molecule has 2 aromatic rings. The Kier molecular flexibility index (Phi) is 7.66. The van der Waals surface area contributed by atoms with Crippen molar-refractivity contribution in [3.8, 4) is 5.75 Å². The summed E-state index contributed by atoms with van der Waals surface area (Å²) in [5.74, 6) is 1.70. The second kappa shape index (κ2) is 9.74. The molecule has 0 N–H and O–H groups in total. The minimum atomic E-state index is 0. The summed E-state index contributed by atoms with van der Waals surface area (Å²) in [4.78, 5) is 19.4. The van der Waals surface area contributed by atoms with Crippen molar-refractivity contribution in [1.29, 1.82) is 0 Å². The van der Waals surface area contributed by atoms with Crippen molar-refractivity contribution in [3.63, 3.8) is 0 Å². The van der Waals surface area contributed by atoms with Gasteiger partial charge in [-0.25, -0.2) is 0 Å². The van der Waals surface area contributed by atoms with Crippen LogP contribution in [0.3, 0.4) is 0 Å². The standard InChI is InChI=1S/C20H21ClN2O2.BrH/c1-25-19-7-3-2-6-17(19)23(20-8-4-5-13-22-20)14-18(24)15-9-11-16(21)12-10-15;/h2-3,6-7,9-12H,4-5,8,13-14H2,1H3;1H. The third-order valence-corrected chi connectivity index (χ3v) is 4.51. The summed E-state index contributed by atoms with van der Waals surface area (Å²) >= 11 is 5.92. The van der Waals surface area contributed by atoms with Gasteiger partial charge in [-0.2, -0.15) is 0 Å². The second-order valence-corrected chi connectivity index (χ2v) is 6.38. The summed E-state index contributed by atoms with van der Waals surface area (Å²) in [6, 6.07) is 14.7. The Morgan fingerprint density at radius 2 is 1.88 bits per heavy atom. The van der Waals surface area contributed by atoms with E-state index in [0.29, 0.717) is 10.6 Å². The van der Waals surface area contributed by atoms with Crippen molar-refractivity contribution in [2.45, 2.75) is 19.3 Å². The number of ether oxygens (including phenoxy) is 1. The Balaban J connectivity index is 0.00000243. The van der Waals surface area contributed by atoms with Gasteiger partial charge in [0, 0.05) is 23.6 Å². The molecule has 26 heavy (non-hydrogen) atoms. The third kappa shape index (κ3) is 4.86. The molecule has 0 aliphatic carbocycles. The largest absolute Gasteiger partial charge is 0.495 e. The average molecular weight is 438 g/mol. The monoisotopic (exact) mass is 436 g/mol. The molecule has 0 amide bonds. The number of ketones is 1. The Bertz CT molecular complexity index is 778. The van der Waals surface area contributed by atoms with Gasteiger partial charge in [-0.15, -0.1) is 17.0 Å². The minimum Gasteiger partial charge on any atom is -0.495 e. The summed E-state index contributed by atoms with van der Waals surface area (Å²) in [5.41, 5.74) is 1.51. The highest BCUT2D eigenvalue weighted by atomic mass is 79.9. The lowest BCUT2D eigenvalue weighted by Crippen LogP contribution is -2.37. The van der Waals surface area contributed by atoms with Gasteiger partial charge in [-0.1, -0.05) is 23.7 Å². The van der Waals surface area contributed by atoms with Crippen molar-refractivity contribution in [1.82, 2.24) is 0 Å². The maximum atomic E-state index is 12.8. The van der Waals surface area contributed by atoms with E-state index in [4.69, 9.17) is 16.3 Å². The first-order valence-corrected chi connectivity index (χ1v) is 8.79. The van der Waals surface area contributed by atoms with E-state index in [-0.39, 0.29) is 29.3 Å². The first kappa shape index (κ1) is 20.5. The molecule has 0 saturated heterocycles. The fourth-order valence-electron chi connectivity index (χ4n) is 2.94. The molecule has 0 fully saturated rings. The topological polar surface area (TPSA) is 41.9 Å². The van der Waals surface area contributed by atoms with E-state index in [9.17, 15) is 4.79 Å².